The largest absolute Gasteiger partial charge is 0.402 e. The quantitative estimate of drug-likeness (QED) is 0.612. The van der Waals surface area contributed by atoms with Crippen LogP contribution in [0, 0.1) is 17.1 Å². The van der Waals surface area contributed by atoms with E-state index in [9.17, 15) is 9.18 Å². The first-order valence-electron chi connectivity index (χ1n) is 8.03. The minimum absolute atomic E-state index is 0.161. The van der Waals surface area contributed by atoms with Gasteiger partial charge < -0.3 is 9.64 Å². The Morgan fingerprint density at radius 1 is 1.19 bits per heavy atom. The fraction of sp³-hybridized carbons (Fsp3) is 0.150. The van der Waals surface area contributed by atoms with Crippen LogP contribution < -0.4 is 4.90 Å². The normalized spacial score (nSPS) is 14.7. The second-order valence-electron chi connectivity index (χ2n) is 5.76. The summed E-state index contributed by atoms with van der Waals surface area (Å²) in [6.07, 6.45) is 2.09. The van der Waals surface area contributed by atoms with Gasteiger partial charge in [0.25, 0.3) is 0 Å². The predicted molar refractivity (Wildman–Crippen MR) is 96.9 cm³/mol. The summed E-state index contributed by atoms with van der Waals surface area (Å²) < 4.78 is 18.2. The molecule has 6 heteroatoms. The van der Waals surface area contributed by atoms with Gasteiger partial charge in [0.1, 0.15) is 5.82 Å². The third-order valence-electron chi connectivity index (χ3n) is 3.91. The highest BCUT2D eigenvalue weighted by Crippen LogP contribution is 2.21. The smallest absolute Gasteiger partial charge is 0.363 e. The van der Waals surface area contributed by atoms with E-state index in [0.29, 0.717) is 18.5 Å². The monoisotopic (exact) mass is 349 g/mol. The van der Waals surface area contributed by atoms with E-state index in [1.165, 1.54) is 24.3 Å². The zero-order chi connectivity index (χ0) is 18.5. The van der Waals surface area contributed by atoms with Crippen LogP contribution in [0.4, 0.5) is 10.1 Å². The van der Waals surface area contributed by atoms with Gasteiger partial charge in [0, 0.05) is 24.8 Å². The van der Waals surface area contributed by atoms with Crippen molar-refractivity contribution in [2.75, 3.05) is 18.5 Å². The first-order valence-corrected chi connectivity index (χ1v) is 8.03. The van der Waals surface area contributed by atoms with Gasteiger partial charge in [-0.2, -0.15) is 5.26 Å². The molecule has 0 spiro atoms. The first kappa shape index (κ1) is 17.4. The zero-order valence-corrected chi connectivity index (χ0v) is 14.1. The summed E-state index contributed by atoms with van der Waals surface area (Å²) in [4.78, 5) is 18.2. The van der Waals surface area contributed by atoms with Crippen LogP contribution in [-0.4, -0.2) is 25.5 Å². The van der Waals surface area contributed by atoms with Crippen LogP contribution in [-0.2, 0) is 9.53 Å². The minimum Gasteiger partial charge on any atom is -0.402 e. The number of nitrogens with zero attached hydrogens (tertiary/aromatic N) is 3. The van der Waals surface area contributed by atoms with Gasteiger partial charge in [-0.25, -0.2) is 14.2 Å². The van der Waals surface area contributed by atoms with Crippen molar-refractivity contribution in [3.63, 3.8) is 0 Å². The third-order valence-corrected chi connectivity index (χ3v) is 3.91. The number of hydrogen-bond donors (Lipinski definition) is 0. The maximum absolute atomic E-state index is 13.0. The number of benzene rings is 2. The molecule has 1 aliphatic heterocycles. The van der Waals surface area contributed by atoms with Gasteiger partial charge in [0.2, 0.25) is 5.90 Å². The van der Waals surface area contributed by atoms with E-state index in [-0.39, 0.29) is 17.4 Å². The molecule has 0 amide bonds. The molecule has 0 atom stereocenters. The summed E-state index contributed by atoms with van der Waals surface area (Å²) in [5, 5.41) is 8.65. The van der Waals surface area contributed by atoms with E-state index in [2.05, 4.69) is 11.1 Å². The molecule has 2 aromatic carbocycles. The molecule has 0 aliphatic carbocycles. The lowest BCUT2D eigenvalue weighted by Gasteiger charge is -2.17. The molecule has 1 aliphatic rings. The molecule has 3 rings (SSSR count). The van der Waals surface area contributed by atoms with Crippen LogP contribution in [0.2, 0.25) is 0 Å². The SMILES string of the molecule is CN(CCC#N)c1ccc(/C=C2\N=C(c3ccc(F)cc3)OC2=O)cc1. The van der Waals surface area contributed by atoms with Crippen molar-refractivity contribution in [3.05, 3.63) is 71.2 Å². The van der Waals surface area contributed by atoms with E-state index < -0.39 is 5.97 Å². The molecule has 0 saturated heterocycles. The molecule has 0 fully saturated rings. The highest BCUT2D eigenvalue weighted by atomic mass is 19.1. The Balaban J connectivity index is 1.78. The average molecular weight is 349 g/mol. The summed E-state index contributed by atoms with van der Waals surface area (Å²) in [7, 11) is 1.92. The molecular formula is C20H16FN3O2. The standard InChI is InChI=1S/C20H16FN3O2/c1-24(12-2-11-22)17-9-3-14(4-10-17)13-18-20(25)26-19(23-18)15-5-7-16(21)8-6-15/h3-10,13H,2,12H2,1H3/b18-13-. The Morgan fingerprint density at radius 2 is 1.88 bits per heavy atom. The molecule has 1 heterocycles. The van der Waals surface area contributed by atoms with Crippen molar-refractivity contribution in [3.8, 4) is 6.07 Å². The van der Waals surface area contributed by atoms with E-state index in [1.807, 2.05) is 36.2 Å². The van der Waals surface area contributed by atoms with E-state index in [4.69, 9.17) is 10.00 Å². The number of halogens is 1. The average Bonchev–Trinajstić information content (AvgIpc) is 3.01. The Hall–Kier alpha value is -3.46. The van der Waals surface area contributed by atoms with Gasteiger partial charge >= 0.3 is 5.97 Å². The van der Waals surface area contributed by atoms with Gasteiger partial charge in [-0.05, 0) is 48.0 Å². The zero-order valence-electron chi connectivity index (χ0n) is 14.1. The van der Waals surface area contributed by atoms with Gasteiger partial charge in [-0.15, -0.1) is 0 Å². The third kappa shape index (κ3) is 3.95. The number of aliphatic imine (C=N–C) groups is 1. The Bertz CT molecular complexity index is 910. The van der Waals surface area contributed by atoms with Crippen LogP contribution >= 0.6 is 0 Å². The number of hydrogen-bond acceptors (Lipinski definition) is 5. The van der Waals surface area contributed by atoms with E-state index in [1.54, 1.807) is 6.08 Å². The number of anilines is 1. The number of rotatable bonds is 5. The van der Waals surface area contributed by atoms with Crippen molar-refractivity contribution in [2.24, 2.45) is 4.99 Å². The fourth-order valence-corrected chi connectivity index (χ4v) is 2.45. The topological polar surface area (TPSA) is 65.7 Å². The Morgan fingerprint density at radius 3 is 2.54 bits per heavy atom. The molecule has 2 aromatic rings. The molecule has 5 nitrogen and oxygen atoms in total. The molecule has 0 saturated carbocycles. The first-order chi connectivity index (χ1) is 12.6. The van der Waals surface area contributed by atoms with Crippen molar-refractivity contribution >= 4 is 23.6 Å². The molecule has 0 N–H and O–H groups in total. The molecule has 130 valence electrons. The van der Waals surface area contributed by atoms with Gasteiger partial charge in [-0.3, -0.25) is 0 Å². The van der Waals surface area contributed by atoms with Gasteiger partial charge in [0.15, 0.2) is 5.70 Å². The number of nitriles is 1. The molecule has 0 unspecified atom stereocenters. The van der Waals surface area contributed by atoms with Crippen LogP contribution in [0.1, 0.15) is 17.5 Å². The number of ether oxygens (including phenoxy) is 1. The number of carbonyl (C=O) groups excluding carboxylic acids is 1. The van der Waals surface area contributed by atoms with Crippen LogP contribution in [0.15, 0.2) is 59.2 Å². The number of carbonyl (C=O) groups is 1. The van der Waals surface area contributed by atoms with Crippen molar-refractivity contribution in [1.82, 2.24) is 0 Å². The van der Waals surface area contributed by atoms with Crippen molar-refractivity contribution < 1.29 is 13.9 Å². The summed E-state index contributed by atoms with van der Waals surface area (Å²) in [6.45, 7) is 0.647. The van der Waals surface area contributed by atoms with E-state index >= 15 is 0 Å². The Labute approximate surface area is 150 Å². The summed E-state index contributed by atoms with van der Waals surface area (Å²) in [5.74, 6) is -0.747. The Kier molecular flexibility index (Phi) is 5.09. The lowest BCUT2D eigenvalue weighted by atomic mass is 10.1. The van der Waals surface area contributed by atoms with Crippen molar-refractivity contribution in [1.29, 1.82) is 5.26 Å². The molecular weight excluding hydrogens is 333 g/mol. The highest BCUT2D eigenvalue weighted by molar-refractivity contribution is 6.12. The number of esters is 1. The van der Waals surface area contributed by atoms with Crippen LogP contribution in [0.3, 0.4) is 0 Å². The summed E-state index contributed by atoms with van der Waals surface area (Å²) >= 11 is 0. The number of cyclic esters (lactones) is 1. The maximum atomic E-state index is 13.0. The second-order valence-corrected chi connectivity index (χ2v) is 5.76. The summed E-state index contributed by atoms with van der Waals surface area (Å²) in [5.41, 5.74) is 2.51. The summed E-state index contributed by atoms with van der Waals surface area (Å²) in [6, 6.07) is 15.3. The molecule has 0 bridgehead atoms. The lowest BCUT2D eigenvalue weighted by molar-refractivity contribution is -0.129. The highest BCUT2D eigenvalue weighted by Gasteiger charge is 2.24. The second kappa shape index (κ2) is 7.62. The maximum Gasteiger partial charge on any atom is 0.363 e. The van der Waals surface area contributed by atoms with E-state index in [0.717, 1.165) is 11.3 Å². The van der Waals surface area contributed by atoms with Gasteiger partial charge in [-0.1, -0.05) is 12.1 Å². The molecule has 0 radical (unpaired) electrons. The minimum atomic E-state index is -0.542. The lowest BCUT2D eigenvalue weighted by Crippen LogP contribution is -2.17. The van der Waals surface area contributed by atoms with Crippen LogP contribution in [0.25, 0.3) is 6.08 Å². The van der Waals surface area contributed by atoms with Crippen molar-refractivity contribution in [2.45, 2.75) is 6.42 Å². The fourth-order valence-electron chi connectivity index (χ4n) is 2.45. The predicted octanol–water partition coefficient (Wildman–Crippen LogP) is 3.52. The molecule has 0 aromatic heterocycles. The van der Waals surface area contributed by atoms with Crippen LogP contribution in [0.5, 0.6) is 0 Å². The van der Waals surface area contributed by atoms with Gasteiger partial charge in [0.05, 0.1) is 12.5 Å². The molecule has 26 heavy (non-hydrogen) atoms.